The molecule has 0 radical (unpaired) electrons. The van der Waals surface area contributed by atoms with E-state index in [2.05, 4.69) is 15.3 Å². The lowest BCUT2D eigenvalue weighted by atomic mass is 10.4. The second-order valence-electron chi connectivity index (χ2n) is 2.95. The highest BCUT2D eigenvalue weighted by Crippen LogP contribution is 2.03. The van der Waals surface area contributed by atoms with E-state index in [4.69, 9.17) is 10.2 Å². The molecule has 0 aliphatic carbocycles. The quantitative estimate of drug-likeness (QED) is 0.681. The number of aromatic nitrogens is 2. The molecule has 2 aromatic rings. The number of hydrogen-bond donors (Lipinski definition) is 3. The van der Waals surface area contributed by atoms with E-state index in [1.807, 2.05) is 6.07 Å². The molecule has 0 amide bonds. The Balaban J connectivity index is 2.08. The largest absolute Gasteiger partial charge is 0.467 e. The van der Waals surface area contributed by atoms with Gasteiger partial charge in [0.15, 0.2) is 0 Å². The Morgan fingerprint density at radius 1 is 1.60 bits per heavy atom. The molecule has 15 heavy (non-hydrogen) atoms. The standard InChI is InChI=1S/C9H10N4O2/c10-7-4-8(14)13-9(12-7)11-5-6-2-1-3-15-6/h1-4H,5H2,(H4,10,11,12,13,14). The number of nitrogens with two attached hydrogens (primary N) is 1. The average Bonchev–Trinajstić information content (AvgIpc) is 2.65. The molecule has 6 nitrogen and oxygen atoms in total. The smallest absolute Gasteiger partial charge is 0.254 e. The van der Waals surface area contributed by atoms with Crippen LogP contribution >= 0.6 is 0 Å². The summed E-state index contributed by atoms with van der Waals surface area (Å²) in [6.07, 6.45) is 1.58. The molecule has 0 aliphatic heterocycles. The summed E-state index contributed by atoms with van der Waals surface area (Å²) >= 11 is 0. The summed E-state index contributed by atoms with van der Waals surface area (Å²) in [4.78, 5) is 17.4. The zero-order valence-corrected chi connectivity index (χ0v) is 7.86. The fourth-order valence-electron chi connectivity index (χ4n) is 1.14. The molecular formula is C9H10N4O2. The van der Waals surface area contributed by atoms with Gasteiger partial charge >= 0.3 is 0 Å². The maximum Gasteiger partial charge on any atom is 0.254 e. The Kier molecular flexibility index (Phi) is 2.40. The molecule has 2 aromatic heterocycles. The molecule has 0 atom stereocenters. The van der Waals surface area contributed by atoms with Crippen molar-refractivity contribution >= 4 is 11.8 Å². The van der Waals surface area contributed by atoms with E-state index >= 15 is 0 Å². The molecule has 0 fully saturated rings. The first-order chi connectivity index (χ1) is 7.24. The predicted molar refractivity (Wildman–Crippen MR) is 55.3 cm³/mol. The van der Waals surface area contributed by atoms with Crippen molar-refractivity contribution in [2.45, 2.75) is 6.54 Å². The number of H-pyrrole nitrogens is 1. The zero-order chi connectivity index (χ0) is 10.7. The van der Waals surface area contributed by atoms with Crippen LogP contribution in [0.5, 0.6) is 0 Å². The molecule has 78 valence electrons. The van der Waals surface area contributed by atoms with Gasteiger partial charge in [0.05, 0.1) is 12.8 Å². The number of aromatic amines is 1. The summed E-state index contributed by atoms with van der Waals surface area (Å²) in [5, 5.41) is 2.89. The first-order valence-corrected chi connectivity index (χ1v) is 4.37. The third-order valence-corrected chi connectivity index (χ3v) is 1.77. The summed E-state index contributed by atoms with van der Waals surface area (Å²) in [6, 6.07) is 4.82. The maximum absolute atomic E-state index is 11.0. The van der Waals surface area contributed by atoms with Crippen LogP contribution in [0.15, 0.2) is 33.7 Å². The molecule has 0 saturated carbocycles. The second-order valence-corrected chi connectivity index (χ2v) is 2.95. The van der Waals surface area contributed by atoms with E-state index in [-0.39, 0.29) is 11.4 Å². The highest BCUT2D eigenvalue weighted by molar-refractivity contribution is 5.35. The molecule has 0 aliphatic rings. The highest BCUT2D eigenvalue weighted by atomic mass is 16.3. The molecule has 0 aromatic carbocycles. The SMILES string of the molecule is Nc1cc(=O)[nH]c(NCc2ccco2)n1. The molecule has 0 saturated heterocycles. The summed E-state index contributed by atoms with van der Waals surface area (Å²) in [5.74, 6) is 1.26. The van der Waals surface area contributed by atoms with Crippen molar-refractivity contribution < 1.29 is 4.42 Å². The minimum absolute atomic E-state index is 0.181. The molecule has 0 unspecified atom stereocenters. The number of nitrogens with zero attached hydrogens (tertiary/aromatic N) is 1. The summed E-state index contributed by atoms with van der Waals surface area (Å²) in [5.41, 5.74) is 5.13. The Bertz CT molecular complexity index is 489. The van der Waals surface area contributed by atoms with Gasteiger partial charge in [0, 0.05) is 6.07 Å². The van der Waals surface area contributed by atoms with Crippen LogP contribution in [0.2, 0.25) is 0 Å². The van der Waals surface area contributed by atoms with Crippen LogP contribution in [0.3, 0.4) is 0 Å². The lowest BCUT2D eigenvalue weighted by molar-refractivity contribution is 0.517. The third-order valence-electron chi connectivity index (χ3n) is 1.77. The lowest BCUT2D eigenvalue weighted by Crippen LogP contribution is -2.13. The van der Waals surface area contributed by atoms with E-state index in [1.165, 1.54) is 6.07 Å². The molecular weight excluding hydrogens is 196 g/mol. The molecule has 2 heterocycles. The Hall–Kier alpha value is -2.24. The fourth-order valence-corrected chi connectivity index (χ4v) is 1.14. The van der Waals surface area contributed by atoms with Crippen molar-refractivity contribution in [3.05, 3.63) is 40.6 Å². The number of nitrogen functional groups attached to an aromatic ring is 1. The van der Waals surface area contributed by atoms with Crippen molar-refractivity contribution in [3.63, 3.8) is 0 Å². The van der Waals surface area contributed by atoms with Gasteiger partial charge in [0.2, 0.25) is 5.95 Å². The highest BCUT2D eigenvalue weighted by Gasteiger charge is 1.99. The Morgan fingerprint density at radius 3 is 3.13 bits per heavy atom. The molecule has 6 heteroatoms. The van der Waals surface area contributed by atoms with Gasteiger partial charge in [-0.3, -0.25) is 9.78 Å². The van der Waals surface area contributed by atoms with Crippen molar-refractivity contribution in [2.75, 3.05) is 11.1 Å². The average molecular weight is 206 g/mol. The van der Waals surface area contributed by atoms with Gasteiger partial charge in [-0.15, -0.1) is 0 Å². The van der Waals surface area contributed by atoms with E-state index in [0.717, 1.165) is 5.76 Å². The van der Waals surface area contributed by atoms with Crippen molar-refractivity contribution in [1.29, 1.82) is 0 Å². The van der Waals surface area contributed by atoms with Crippen LogP contribution in [0.4, 0.5) is 11.8 Å². The fraction of sp³-hybridized carbons (Fsp3) is 0.111. The van der Waals surface area contributed by atoms with Crippen LogP contribution < -0.4 is 16.6 Å². The van der Waals surface area contributed by atoms with E-state index in [0.29, 0.717) is 12.5 Å². The van der Waals surface area contributed by atoms with E-state index in [9.17, 15) is 4.79 Å². The number of anilines is 2. The van der Waals surface area contributed by atoms with Gasteiger partial charge in [0.1, 0.15) is 11.6 Å². The van der Waals surface area contributed by atoms with Gasteiger partial charge in [-0.2, -0.15) is 4.98 Å². The van der Waals surface area contributed by atoms with Crippen LogP contribution in [0, 0.1) is 0 Å². The van der Waals surface area contributed by atoms with Gasteiger partial charge < -0.3 is 15.5 Å². The Labute approximate surface area is 85.1 Å². The third kappa shape index (κ3) is 2.37. The van der Waals surface area contributed by atoms with Crippen LogP contribution in [-0.4, -0.2) is 9.97 Å². The Morgan fingerprint density at radius 2 is 2.47 bits per heavy atom. The topological polar surface area (TPSA) is 96.9 Å². The van der Waals surface area contributed by atoms with Crippen LogP contribution in [0.25, 0.3) is 0 Å². The van der Waals surface area contributed by atoms with Crippen molar-refractivity contribution in [3.8, 4) is 0 Å². The monoisotopic (exact) mass is 206 g/mol. The number of hydrogen-bond acceptors (Lipinski definition) is 5. The van der Waals surface area contributed by atoms with Gasteiger partial charge in [-0.05, 0) is 12.1 Å². The minimum atomic E-state index is -0.288. The molecule has 2 rings (SSSR count). The summed E-state index contributed by atoms with van der Waals surface area (Å²) < 4.78 is 5.10. The summed E-state index contributed by atoms with van der Waals surface area (Å²) in [6.45, 7) is 0.444. The van der Waals surface area contributed by atoms with E-state index in [1.54, 1.807) is 12.3 Å². The normalized spacial score (nSPS) is 10.1. The van der Waals surface area contributed by atoms with Crippen LogP contribution in [-0.2, 0) is 6.54 Å². The predicted octanol–water partition coefficient (Wildman–Crippen LogP) is 0.557. The molecule has 0 spiro atoms. The first kappa shape index (κ1) is 9.32. The van der Waals surface area contributed by atoms with E-state index < -0.39 is 0 Å². The van der Waals surface area contributed by atoms with Crippen molar-refractivity contribution in [2.24, 2.45) is 0 Å². The molecule has 0 bridgehead atoms. The number of furan rings is 1. The number of rotatable bonds is 3. The number of nitrogens with one attached hydrogen (secondary N) is 2. The van der Waals surface area contributed by atoms with Crippen LogP contribution in [0.1, 0.15) is 5.76 Å². The maximum atomic E-state index is 11.0. The molecule has 4 N–H and O–H groups in total. The lowest BCUT2D eigenvalue weighted by Gasteiger charge is -2.02. The van der Waals surface area contributed by atoms with Crippen molar-refractivity contribution in [1.82, 2.24) is 9.97 Å². The minimum Gasteiger partial charge on any atom is -0.467 e. The van der Waals surface area contributed by atoms with Gasteiger partial charge in [0.25, 0.3) is 5.56 Å². The second kappa shape index (κ2) is 3.87. The van der Waals surface area contributed by atoms with Gasteiger partial charge in [-0.25, -0.2) is 0 Å². The first-order valence-electron chi connectivity index (χ1n) is 4.37. The van der Waals surface area contributed by atoms with Gasteiger partial charge in [-0.1, -0.05) is 0 Å². The zero-order valence-electron chi connectivity index (χ0n) is 7.86. The summed E-state index contributed by atoms with van der Waals surface area (Å²) in [7, 11) is 0.